The molecule has 0 radical (unpaired) electrons. The van der Waals surface area contributed by atoms with Crippen molar-refractivity contribution >= 4 is 17.7 Å². The molecule has 0 atom stereocenters. The first-order valence-electron chi connectivity index (χ1n) is 4.08. The van der Waals surface area contributed by atoms with Gasteiger partial charge in [0.2, 0.25) is 0 Å². The number of benzene rings is 1. The number of hydrogen-bond acceptors (Lipinski definition) is 2. The number of ether oxygens (including phenoxy) is 1. The number of rotatable bonds is 3. The molecule has 0 aliphatic carbocycles. The maximum atomic E-state index is 13.0. The molecule has 0 amide bonds. The Balaban J connectivity index is 3.13. The van der Waals surface area contributed by atoms with Gasteiger partial charge in [-0.2, -0.15) is 0 Å². The first-order chi connectivity index (χ1) is 6.69. The van der Waals surface area contributed by atoms with Crippen molar-refractivity contribution in [3.63, 3.8) is 0 Å². The van der Waals surface area contributed by atoms with Crippen molar-refractivity contribution in [3.05, 3.63) is 34.6 Å². The quantitative estimate of drug-likeness (QED) is 0.841. The van der Waals surface area contributed by atoms with E-state index in [0.29, 0.717) is 17.9 Å². The van der Waals surface area contributed by atoms with Crippen molar-refractivity contribution in [1.82, 2.24) is 0 Å². The van der Waals surface area contributed by atoms with Gasteiger partial charge in [0, 0.05) is 18.2 Å². The Morgan fingerprint density at radius 1 is 1.57 bits per heavy atom. The molecule has 1 aromatic carbocycles. The lowest BCUT2D eigenvalue weighted by Gasteiger charge is -2.05. The predicted molar refractivity (Wildman–Crippen MR) is 56.1 cm³/mol. The first-order valence-corrected chi connectivity index (χ1v) is 4.46. The highest BCUT2D eigenvalue weighted by molar-refractivity contribution is 6.30. The molecule has 0 saturated carbocycles. The van der Waals surface area contributed by atoms with Crippen LogP contribution in [0.2, 0.25) is 5.02 Å². The van der Waals surface area contributed by atoms with Gasteiger partial charge < -0.3 is 10.5 Å². The molecule has 0 aliphatic heterocycles. The van der Waals surface area contributed by atoms with Gasteiger partial charge in [-0.05, 0) is 6.07 Å². The zero-order chi connectivity index (χ0) is 10.6. The summed E-state index contributed by atoms with van der Waals surface area (Å²) in [6, 6.07) is 2.75. The van der Waals surface area contributed by atoms with Crippen LogP contribution in [-0.2, 0) is 0 Å². The zero-order valence-electron chi connectivity index (χ0n) is 7.76. The normalized spacial score (nSPS) is 10.9. The fourth-order valence-electron chi connectivity index (χ4n) is 1.05. The van der Waals surface area contributed by atoms with E-state index < -0.39 is 5.82 Å². The molecule has 0 saturated heterocycles. The van der Waals surface area contributed by atoms with Crippen molar-refractivity contribution in [3.8, 4) is 5.75 Å². The van der Waals surface area contributed by atoms with Gasteiger partial charge in [0.25, 0.3) is 0 Å². The molecule has 1 rings (SSSR count). The first kappa shape index (κ1) is 11.0. The van der Waals surface area contributed by atoms with Crippen LogP contribution in [0.1, 0.15) is 5.56 Å². The van der Waals surface area contributed by atoms with Gasteiger partial charge in [0.1, 0.15) is 11.6 Å². The summed E-state index contributed by atoms with van der Waals surface area (Å²) in [5.74, 6) is -0.0509. The summed E-state index contributed by atoms with van der Waals surface area (Å²) < 4.78 is 18.0. The Morgan fingerprint density at radius 3 is 2.86 bits per heavy atom. The van der Waals surface area contributed by atoms with Gasteiger partial charge >= 0.3 is 0 Å². The van der Waals surface area contributed by atoms with Gasteiger partial charge in [-0.1, -0.05) is 23.8 Å². The monoisotopic (exact) mass is 215 g/mol. The Morgan fingerprint density at radius 2 is 2.29 bits per heavy atom. The minimum Gasteiger partial charge on any atom is -0.496 e. The molecule has 0 bridgehead atoms. The van der Waals surface area contributed by atoms with E-state index in [1.807, 2.05) is 0 Å². The molecule has 0 aliphatic rings. The van der Waals surface area contributed by atoms with Gasteiger partial charge in [0.15, 0.2) is 0 Å². The van der Waals surface area contributed by atoms with Crippen molar-refractivity contribution in [2.45, 2.75) is 0 Å². The third-order valence-electron chi connectivity index (χ3n) is 1.71. The van der Waals surface area contributed by atoms with Crippen molar-refractivity contribution in [2.24, 2.45) is 5.73 Å². The summed E-state index contributed by atoms with van der Waals surface area (Å²) in [4.78, 5) is 0. The molecule has 76 valence electrons. The molecular formula is C10H11ClFNO. The highest BCUT2D eigenvalue weighted by Crippen LogP contribution is 2.26. The average molecular weight is 216 g/mol. The second-order valence-corrected chi connectivity index (χ2v) is 3.05. The summed E-state index contributed by atoms with van der Waals surface area (Å²) >= 11 is 5.63. The van der Waals surface area contributed by atoms with E-state index in [4.69, 9.17) is 22.1 Å². The molecule has 0 spiro atoms. The van der Waals surface area contributed by atoms with Crippen LogP contribution in [0.15, 0.2) is 18.2 Å². The van der Waals surface area contributed by atoms with Crippen LogP contribution in [0.25, 0.3) is 6.08 Å². The highest BCUT2D eigenvalue weighted by atomic mass is 35.5. The maximum Gasteiger partial charge on any atom is 0.145 e. The second-order valence-electron chi connectivity index (χ2n) is 2.65. The molecule has 4 heteroatoms. The molecule has 0 aromatic heterocycles. The molecule has 14 heavy (non-hydrogen) atoms. The largest absolute Gasteiger partial charge is 0.496 e. The maximum absolute atomic E-state index is 13.0. The summed E-state index contributed by atoms with van der Waals surface area (Å²) in [6.07, 6.45) is 3.48. The summed E-state index contributed by atoms with van der Waals surface area (Å²) in [7, 11) is 1.47. The summed E-state index contributed by atoms with van der Waals surface area (Å²) in [5.41, 5.74) is 6.01. The summed E-state index contributed by atoms with van der Waals surface area (Å²) in [5, 5.41) is 0.0717. The van der Waals surface area contributed by atoms with Gasteiger partial charge in [-0.15, -0.1) is 0 Å². The average Bonchev–Trinajstić information content (AvgIpc) is 2.19. The molecule has 2 N–H and O–H groups in total. The van der Waals surface area contributed by atoms with E-state index in [1.165, 1.54) is 19.2 Å². The lowest BCUT2D eigenvalue weighted by atomic mass is 10.2. The van der Waals surface area contributed by atoms with Crippen LogP contribution < -0.4 is 10.5 Å². The Hall–Kier alpha value is -1.06. The third kappa shape index (κ3) is 2.47. The van der Waals surface area contributed by atoms with E-state index in [-0.39, 0.29) is 5.02 Å². The van der Waals surface area contributed by atoms with Crippen LogP contribution in [0.4, 0.5) is 4.39 Å². The molecule has 0 fully saturated rings. The highest BCUT2D eigenvalue weighted by Gasteiger charge is 2.06. The number of methoxy groups -OCH3 is 1. The second kappa shape index (κ2) is 4.98. The molecule has 2 nitrogen and oxygen atoms in total. The molecule has 0 heterocycles. The van der Waals surface area contributed by atoms with Crippen LogP contribution >= 0.6 is 11.6 Å². The lowest BCUT2D eigenvalue weighted by Crippen LogP contribution is -1.93. The Labute approximate surface area is 87.1 Å². The number of nitrogens with two attached hydrogens (primary N) is 1. The predicted octanol–water partition coefficient (Wildman–Crippen LogP) is 2.46. The molecular weight excluding hydrogens is 205 g/mol. The van der Waals surface area contributed by atoms with E-state index in [1.54, 1.807) is 12.2 Å². The van der Waals surface area contributed by atoms with Crippen LogP contribution in [0, 0.1) is 5.82 Å². The van der Waals surface area contributed by atoms with E-state index in [2.05, 4.69) is 0 Å². The fraction of sp³-hybridized carbons (Fsp3) is 0.200. The summed E-state index contributed by atoms with van der Waals surface area (Å²) in [6.45, 7) is 0.415. The standard InChI is InChI=1S/C10H11ClFNO/c1-14-10-6-9(12)8(11)5-7(10)3-2-4-13/h2-3,5-6H,4,13H2,1H3/b3-2+. The Bertz CT molecular complexity index is 352. The van der Waals surface area contributed by atoms with Crippen LogP contribution in [-0.4, -0.2) is 13.7 Å². The van der Waals surface area contributed by atoms with Crippen molar-refractivity contribution < 1.29 is 9.13 Å². The number of halogens is 2. The van der Waals surface area contributed by atoms with Gasteiger partial charge in [0.05, 0.1) is 12.1 Å². The molecule has 0 unspecified atom stereocenters. The van der Waals surface area contributed by atoms with Gasteiger partial charge in [-0.3, -0.25) is 0 Å². The van der Waals surface area contributed by atoms with E-state index in [0.717, 1.165) is 0 Å². The minimum atomic E-state index is -0.492. The third-order valence-corrected chi connectivity index (χ3v) is 2.00. The van der Waals surface area contributed by atoms with E-state index >= 15 is 0 Å². The zero-order valence-corrected chi connectivity index (χ0v) is 8.51. The SMILES string of the molecule is COc1cc(F)c(Cl)cc1/C=C/CN. The van der Waals surface area contributed by atoms with Crippen LogP contribution in [0.5, 0.6) is 5.75 Å². The van der Waals surface area contributed by atoms with Crippen molar-refractivity contribution in [2.75, 3.05) is 13.7 Å². The number of hydrogen-bond donors (Lipinski definition) is 1. The fourth-order valence-corrected chi connectivity index (χ4v) is 1.22. The van der Waals surface area contributed by atoms with E-state index in [9.17, 15) is 4.39 Å². The smallest absolute Gasteiger partial charge is 0.145 e. The van der Waals surface area contributed by atoms with Crippen LogP contribution in [0.3, 0.4) is 0 Å². The molecule has 1 aromatic rings. The Kier molecular flexibility index (Phi) is 3.92. The lowest BCUT2D eigenvalue weighted by molar-refractivity contribution is 0.410. The topological polar surface area (TPSA) is 35.2 Å². The minimum absolute atomic E-state index is 0.0717. The van der Waals surface area contributed by atoms with Crippen molar-refractivity contribution in [1.29, 1.82) is 0 Å². The van der Waals surface area contributed by atoms with Gasteiger partial charge in [-0.25, -0.2) is 4.39 Å².